The molecule has 0 N–H and O–H groups in total. The lowest BCUT2D eigenvalue weighted by Crippen LogP contribution is -2.30. The fraction of sp³-hybridized carbons (Fsp3) is 0.381. The van der Waals surface area contributed by atoms with Crippen LogP contribution in [0.4, 0.5) is 11.4 Å². The number of para-hydroxylation sites is 1. The Morgan fingerprint density at radius 3 is 2.30 bits per heavy atom. The van der Waals surface area contributed by atoms with E-state index in [-0.39, 0.29) is 0 Å². The monoisotopic (exact) mass is 306 g/mol. The van der Waals surface area contributed by atoms with Crippen molar-refractivity contribution in [3.8, 4) is 0 Å². The maximum atomic E-state index is 4.68. The molecule has 0 saturated carbocycles. The molecule has 0 unspecified atom stereocenters. The lowest BCUT2D eigenvalue weighted by molar-refractivity contribution is 0.578. The van der Waals surface area contributed by atoms with E-state index in [0.29, 0.717) is 5.92 Å². The van der Waals surface area contributed by atoms with E-state index in [1.807, 2.05) is 6.21 Å². The Hall–Kier alpha value is -2.09. The van der Waals surface area contributed by atoms with Gasteiger partial charge in [0, 0.05) is 30.6 Å². The summed E-state index contributed by atoms with van der Waals surface area (Å²) in [5, 5.41) is 0. The lowest BCUT2D eigenvalue weighted by Gasteiger charge is -2.30. The van der Waals surface area contributed by atoms with E-state index in [2.05, 4.69) is 72.3 Å². The van der Waals surface area contributed by atoms with Gasteiger partial charge in [-0.25, -0.2) is 0 Å². The molecule has 0 spiro atoms. The molecule has 1 heterocycles. The van der Waals surface area contributed by atoms with Crippen molar-refractivity contribution in [2.45, 2.75) is 39.0 Å². The van der Waals surface area contributed by atoms with Gasteiger partial charge in [-0.1, -0.05) is 44.2 Å². The summed E-state index contributed by atoms with van der Waals surface area (Å²) in [6, 6.07) is 17.2. The van der Waals surface area contributed by atoms with E-state index in [4.69, 9.17) is 0 Å². The zero-order chi connectivity index (χ0) is 16.1. The number of anilines is 1. The second kappa shape index (κ2) is 7.45. The number of rotatable bonds is 4. The fourth-order valence-electron chi connectivity index (χ4n) is 3.11. The lowest BCUT2D eigenvalue weighted by atomic mass is 10.0. The Kier molecular flexibility index (Phi) is 5.12. The van der Waals surface area contributed by atoms with Gasteiger partial charge < -0.3 is 4.90 Å². The summed E-state index contributed by atoms with van der Waals surface area (Å²) in [4.78, 5) is 7.17. The molecule has 0 aromatic heterocycles. The molecule has 2 heteroatoms. The van der Waals surface area contributed by atoms with Crippen molar-refractivity contribution >= 4 is 17.6 Å². The van der Waals surface area contributed by atoms with Gasteiger partial charge in [-0.2, -0.15) is 0 Å². The van der Waals surface area contributed by atoms with Crippen LogP contribution in [-0.4, -0.2) is 19.3 Å². The minimum absolute atomic E-state index is 0.563. The molecule has 3 rings (SSSR count). The smallest absolute Gasteiger partial charge is 0.0630 e. The van der Waals surface area contributed by atoms with E-state index in [9.17, 15) is 0 Å². The second-order valence-corrected chi connectivity index (χ2v) is 6.61. The molecule has 0 aliphatic carbocycles. The Morgan fingerprint density at radius 1 is 0.913 bits per heavy atom. The zero-order valence-corrected chi connectivity index (χ0v) is 14.2. The maximum absolute atomic E-state index is 4.68. The van der Waals surface area contributed by atoms with Crippen molar-refractivity contribution in [1.29, 1.82) is 0 Å². The van der Waals surface area contributed by atoms with E-state index < -0.39 is 0 Å². The van der Waals surface area contributed by atoms with E-state index in [1.165, 1.54) is 36.1 Å². The van der Waals surface area contributed by atoms with Gasteiger partial charge in [0.2, 0.25) is 0 Å². The van der Waals surface area contributed by atoms with Crippen LogP contribution in [0.2, 0.25) is 0 Å². The van der Waals surface area contributed by atoms with Crippen molar-refractivity contribution < 1.29 is 0 Å². The number of nitrogens with zero attached hydrogens (tertiary/aromatic N) is 2. The molecule has 0 radical (unpaired) electrons. The van der Waals surface area contributed by atoms with Gasteiger partial charge in [0.15, 0.2) is 0 Å². The van der Waals surface area contributed by atoms with Crippen LogP contribution in [0.1, 0.15) is 50.2 Å². The van der Waals surface area contributed by atoms with Crippen LogP contribution >= 0.6 is 0 Å². The Balaban J connectivity index is 1.79. The number of piperidine rings is 1. The van der Waals surface area contributed by atoms with Gasteiger partial charge in [-0.05, 0) is 48.9 Å². The summed E-state index contributed by atoms with van der Waals surface area (Å²) in [5.74, 6) is 0.563. The molecule has 2 aromatic carbocycles. The molecule has 120 valence electrons. The van der Waals surface area contributed by atoms with Crippen LogP contribution in [0.15, 0.2) is 53.5 Å². The Labute approximate surface area is 139 Å². The number of hydrogen-bond donors (Lipinski definition) is 0. The van der Waals surface area contributed by atoms with Crippen LogP contribution in [0.3, 0.4) is 0 Å². The highest BCUT2D eigenvalue weighted by atomic mass is 15.1. The van der Waals surface area contributed by atoms with Gasteiger partial charge in [0.25, 0.3) is 0 Å². The third-order valence-electron chi connectivity index (χ3n) is 4.55. The topological polar surface area (TPSA) is 15.6 Å². The molecule has 23 heavy (non-hydrogen) atoms. The van der Waals surface area contributed by atoms with Gasteiger partial charge in [0.05, 0.1) is 5.69 Å². The van der Waals surface area contributed by atoms with Crippen LogP contribution in [0, 0.1) is 0 Å². The maximum Gasteiger partial charge on any atom is 0.0630 e. The molecule has 1 saturated heterocycles. The predicted octanol–water partition coefficient (Wildman–Crippen LogP) is 5.55. The molecule has 0 amide bonds. The molecular formula is C21H26N2. The van der Waals surface area contributed by atoms with Gasteiger partial charge in [-0.3, -0.25) is 4.99 Å². The van der Waals surface area contributed by atoms with Crippen LogP contribution in [0.25, 0.3) is 0 Å². The summed E-state index contributed by atoms with van der Waals surface area (Å²) in [5.41, 5.74) is 4.90. The second-order valence-electron chi connectivity index (χ2n) is 6.61. The van der Waals surface area contributed by atoms with Crippen molar-refractivity contribution in [1.82, 2.24) is 0 Å². The van der Waals surface area contributed by atoms with Gasteiger partial charge in [0.1, 0.15) is 0 Å². The van der Waals surface area contributed by atoms with Crippen molar-refractivity contribution in [2.24, 2.45) is 4.99 Å². The summed E-state index contributed by atoms with van der Waals surface area (Å²) in [7, 11) is 0. The van der Waals surface area contributed by atoms with E-state index in [1.54, 1.807) is 0 Å². The van der Waals surface area contributed by atoms with Gasteiger partial charge in [-0.15, -0.1) is 0 Å². The SMILES string of the molecule is CC(C)c1ccc(N=Cc2ccccc2N2CCCCC2)cc1. The van der Waals surface area contributed by atoms with Crippen LogP contribution in [0.5, 0.6) is 0 Å². The first kappa shape index (κ1) is 15.8. The quantitative estimate of drug-likeness (QED) is 0.676. The molecule has 1 fully saturated rings. The van der Waals surface area contributed by atoms with Crippen molar-refractivity contribution in [3.63, 3.8) is 0 Å². The molecule has 1 aliphatic heterocycles. The predicted molar refractivity (Wildman–Crippen MR) is 100 cm³/mol. The van der Waals surface area contributed by atoms with Crippen molar-refractivity contribution in [2.75, 3.05) is 18.0 Å². The molecule has 1 aliphatic rings. The average molecular weight is 306 g/mol. The van der Waals surface area contributed by atoms with E-state index in [0.717, 1.165) is 18.8 Å². The Morgan fingerprint density at radius 2 is 1.61 bits per heavy atom. The molecule has 2 nitrogen and oxygen atoms in total. The highest BCUT2D eigenvalue weighted by molar-refractivity contribution is 5.89. The number of aliphatic imine (C=N–C) groups is 1. The minimum Gasteiger partial charge on any atom is -0.371 e. The first-order chi connectivity index (χ1) is 11.2. The van der Waals surface area contributed by atoms with Crippen LogP contribution in [-0.2, 0) is 0 Å². The highest BCUT2D eigenvalue weighted by Gasteiger charge is 2.13. The molecular weight excluding hydrogens is 280 g/mol. The molecule has 2 aromatic rings. The van der Waals surface area contributed by atoms with E-state index >= 15 is 0 Å². The Bertz CT molecular complexity index is 650. The molecule has 0 bridgehead atoms. The first-order valence-corrected chi connectivity index (χ1v) is 8.72. The minimum atomic E-state index is 0.563. The number of hydrogen-bond acceptors (Lipinski definition) is 2. The first-order valence-electron chi connectivity index (χ1n) is 8.72. The average Bonchev–Trinajstić information content (AvgIpc) is 2.61. The third kappa shape index (κ3) is 4.01. The summed E-state index contributed by atoms with van der Waals surface area (Å²) >= 11 is 0. The zero-order valence-electron chi connectivity index (χ0n) is 14.2. The van der Waals surface area contributed by atoms with Gasteiger partial charge >= 0.3 is 0 Å². The summed E-state index contributed by atoms with van der Waals surface area (Å²) in [6.45, 7) is 6.75. The molecule has 0 atom stereocenters. The largest absolute Gasteiger partial charge is 0.371 e. The highest BCUT2D eigenvalue weighted by Crippen LogP contribution is 2.24. The summed E-state index contributed by atoms with van der Waals surface area (Å²) in [6.07, 6.45) is 5.95. The summed E-state index contributed by atoms with van der Waals surface area (Å²) < 4.78 is 0. The third-order valence-corrected chi connectivity index (χ3v) is 4.55. The standard InChI is InChI=1S/C21H26N2/c1-17(2)18-10-12-20(13-11-18)22-16-19-8-4-5-9-21(19)23-14-6-3-7-15-23/h4-5,8-13,16-17H,3,6-7,14-15H2,1-2H3. The normalized spacial score (nSPS) is 15.5. The van der Waals surface area contributed by atoms with Crippen molar-refractivity contribution in [3.05, 3.63) is 59.7 Å². The number of benzene rings is 2. The fourth-order valence-corrected chi connectivity index (χ4v) is 3.11. The van der Waals surface area contributed by atoms with Crippen LogP contribution < -0.4 is 4.90 Å².